The van der Waals surface area contributed by atoms with Crippen molar-refractivity contribution in [3.63, 3.8) is 0 Å². The van der Waals surface area contributed by atoms with E-state index in [0.717, 1.165) is 72.3 Å². The minimum absolute atomic E-state index is 0.123. The number of fused-ring (bicyclic) bond motifs is 9. The number of hydrogen-bond donors (Lipinski definition) is 0. The molecule has 74 heavy (non-hydrogen) atoms. The van der Waals surface area contributed by atoms with Crippen molar-refractivity contribution in [2.45, 2.75) is 38.5 Å². The molecule has 12 aromatic rings. The van der Waals surface area contributed by atoms with Crippen molar-refractivity contribution in [1.29, 1.82) is 0 Å². The smallest absolute Gasteiger partial charge is 0.164 e. The highest BCUT2D eigenvalue weighted by Gasteiger charge is 2.39. The molecule has 0 saturated heterocycles. The molecule has 0 atom stereocenters. The summed E-state index contributed by atoms with van der Waals surface area (Å²) < 4.78 is 6.51. The van der Waals surface area contributed by atoms with Gasteiger partial charge in [0.05, 0.1) is 5.69 Å². The van der Waals surface area contributed by atoms with Crippen LogP contribution in [0.2, 0.25) is 0 Å². The van der Waals surface area contributed by atoms with Gasteiger partial charge in [0, 0.05) is 55.2 Å². The highest BCUT2D eigenvalue weighted by atomic mass is 16.3. The van der Waals surface area contributed by atoms with E-state index in [1.807, 2.05) is 72.8 Å². The van der Waals surface area contributed by atoms with Gasteiger partial charge in [-0.2, -0.15) is 0 Å². The highest BCUT2D eigenvalue weighted by molar-refractivity contribution is 6.13. The molecule has 0 unspecified atom stereocenters. The van der Waals surface area contributed by atoms with Crippen LogP contribution in [0.5, 0.6) is 0 Å². The molecule has 0 radical (unpaired) electrons. The van der Waals surface area contributed by atoms with Crippen LogP contribution >= 0.6 is 0 Å². The van der Waals surface area contributed by atoms with E-state index in [9.17, 15) is 0 Å². The first kappa shape index (κ1) is 43.6. The Kier molecular flexibility index (Phi) is 9.83. The number of furan rings is 1. The summed E-state index contributed by atoms with van der Waals surface area (Å²) in [5.41, 5.74) is 22.7. The van der Waals surface area contributed by atoms with Gasteiger partial charge >= 0.3 is 0 Å². The molecule has 352 valence electrons. The first-order chi connectivity index (χ1) is 36.2. The molecular weight excluding hydrogens is 901 g/mol. The molecule has 0 fully saturated rings. The first-order valence-electron chi connectivity index (χ1n) is 25.5. The maximum absolute atomic E-state index is 6.51. The molecule has 5 heteroatoms. The molecule has 0 amide bonds. The van der Waals surface area contributed by atoms with E-state index in [0.29, 0.717) is 17.5 Å². The van der Waals surface area contributed by atoms with E-state index >= 15 is 0 Å². The van der Waals surface area contributed by atoms with Gasteiger partial charge in [-0.05, 0) is 110 Å². The third kappa shape index (κ3) is 6.88. The fourth-order valence-electron chi connectivity index (χ4n) is 12.0. The van der Waals surface area contributed by atoms with Crippen LogP contribution in [0.1, 0.15) is 49.9 Å². The Bertz CT molecular complexity index is 4120. The Hall–Kier alpha value is -9.19. The van der Waals surface area contributed by atoms with Crippen molar-refractivity contribution in [2.24, 2.45) is 0 Å². The molecule has 2 aliphatic carbocycles. The second-order valence-corrected chi connectivity index (χ2v) is 20.8. The number of hydrogen-bond acceptors (Lipinski definition) is 5. The minimum atomic E-state index is -0.132. The molecule has 0 N–H and O–H groups in total. The van der Waals surface area contributed by atoms with E-state index in [1.165, 1.54) is 50.2 Å². The molecule has 2 aliphatic rings. The summed E-state index contributed by atoms with van der Waals surface area (Å²) in [6.07, 6.45) is 0. The van der Waals surface area contributed by atoms with Crippen LogP contribution in [-0.4, -0.2) is 15.0 Å². The zero-order valence-electron chi connectivity index (χ0n) is 41.6. The van der Waals surface area contributed by atoms with E-state index in [4.69, 9.17) is 19.4 Å². The fourth-order valence-corrected chi connectivity index (χ4v) is 12.0. The zero-order valence-corrected chi connectivity index (χ0v) is 41.6. The normalized spacial score (nSPS) is 13.6. The SMILES string of the molecule is CC1(C)c2ccccc2-c2ccc(N(c3ccc(-c4ccc(-c5ccc6oc7cccc(-c8nc(-c9ccccc9)nc(-c9ccccc9)n8)c7c6c5)cc4)cc3)c3cccc4c3-c3ccccc3C4(C)C)cc21. The molecule has 2 aromatic heterocycles. The van der Waals surface area contributed by atoms with Crippen LogP contribution < -0.4 is 4.90 Å². The molecule has 0 saturated carbocycles. The molecule has 2 heterocycles. The van der Waals surface area contributed by atoms with Crippen molar-refractivity contribution in [3.05, 3.63) is 253 Å². The fraction of sp³-hybridized carbons (Fsp3) is 0.0870. The number of nitrogens with zero attached hydrogens (tertiary/aromatic N) is 4. The van der Waals surface area contributed by atoms with Gasteiger partial charge in [-0.25, -0.2) is 15.0 Å². The maximum Gasteiger partial charge on any atom is 0.164 e. The summed E-state index contributed by atoms with van der Waals surface area (Å²) in [5, 5.41) is 1.98. The van der Waals surface area contributed by atoms with Crippen molar-refractivity contribution in [2.75, 3.05) is 4.90 Å². The van der Waals surface area contributed by atoms with E-state index in [1.54, 1.807) is 0 Å². The van der Waals surface area contributed by atoms with Gasteiger partial charge in [0.15, 0.2) is 17.5 Å². The number of anilines is 3. The van der Waals surface area contributed by atoms with Crippen molar-refractivity contribution >= 4 is 39.0 Å². The Morgan fingerprint density at radius 1 is 0.338 bits per heavy atom. The summed E-state index contributed by atoms with van der Waals surface area (Å²) in [4.78, 5) is 17.6. The van der Waals surface area contributed by atoms with Gasteiger partial charge in [-0.3, -0.25) is 0 Å². The Morgan fingerprint density at radius 2 is 0.838 bits per heavy atom. The van der Waals surface area contributed by atoms with E-state index in [-0.39, 0.29) is 10.8 Å². The van der Waals surface area contributed by atoms with Crippen molar-refractivity contribution in [1.82, 2.24) is 15.0 Å². The van der Waals surface area contributed by atoms with Crippen molar-refractivity contribution in [3.8, 4) is 78.7 Å². The molecule has 14 rings (SSSR count). The molecule has 10 aromatic carbocycles. The topological polar surface area (TPSA) is 55.1 Å². The Morgan fingerprint density at radius 3 is 1.53 bits per heavy atom. The van der Waals surface area contributed by atoms with Crippen LogP contribution in [0.15, 0.2) is 235 Å². The molecule has 0 spiro atoms. The second-order valence-electron chi connectivity index (χ2n) is 20.8. The number of benzene rings is 10. The van der Waals surface area contributed by atoms with Gasteiger partial charge in [0.1, 0.15) is 11.2 Å². The van der Waals surface area contributed by atoms with E-state index < -0.39 is 0 Å². The van der Waals surface area contributed by atoms with Crippen LogP contribution in [0.3, 0.4) is 0 Å². The second kappa shape index (κ2) is 16.7. The number of aromatic nitrogens is 3. The van der Waals surface area contributed by atoms with Crippen LogP contribution in [-0.2, 0) is 10.8 Å². The average molecular weight is 951 g/mol. The molecular formula is C69H50N4O. The predicted octanol–water partition coefficient (Wildman–Crippen LogP) is 18.2. The van der Waals surface area contributed by atoms with Gasteiger partial charge in [0.25, 0.3) is 0 Å². The quantitative estimate of drug-likeness (QED) is 0.152. The third-order valence-electron chi connectivity index (χ3n) is 15.8. The lowest BCUT2D eigenvalue weighted by Crippen LogP contribution is -2.17. The maximum atomic E-state index is 6.51. The molecule has 5 nitrogen and oxygen atoms in total. The Labute approximate surface area is 431 Å². The highest BCUT2D eigenvalue weighted by Crippen LogP contribution is 2.56. The summed E-state index contributed by atoms with van der Waals surface area (Å²) in [7, 11) is 0. The lowest BCUT2D eigenvalue weighted by molar-refractivity contribution is 0.660. The summed E-state index contributed by atoms with van der Waals surface area (Å²) in [5.74, 6) is 1.84. The predicted molar refractivity (Wildman–Crippen MR) is 304 cm³/mol. The van der Waals surface area contributed by atoms with Crippen LogP contribution in [0, 0.1) is 0 Å². The van der Waals surface area contributed by atoms with Gasteiger partial charge in [-0.15, -0.1) is 0 Å². The zero-order chi connectivity index (χ0) is 49.7. The van der Waals surface area contributed by atoms with Gasteiger partial charge < -0.3 is 9.32 Å². The van der Waals surface area contributed by atoms with Gasteiger partial charge in [0.2, 0.25) is 0 Å². The van der Waals surface area contributed by atoms with Crippen LogP contribution in [0.4, 0.5) is 17.1 Å². The van der Waals surface area contributed by atoms with Gasteiger partial charge in [-0.1, -0.05) is 210 Å². The number of rotatable bonds is 8. The summed E-state index contributed by atoms with van der Waals surface area (Å²) >= 11 is 0. The first-order valence-corrected chi connectivity index (χ1v) is 25.5. The minimum Gasteiger partial charge on any atom is -0.456 e. The lowest BCUT2D eigenvalue weighted by atomic mass is 9.82. The summed E-state index contributed by atoms with van der Waals surface area (Å²) in [6, 6.07) is 82.6. The summed E-state index contributed by atoms with van der Waals surface area (Å²) in [6.45, 7) is 9.44. The van der Waals surface area contributed by atoms with E-state index in [2.05, 4.69) is 190 Å². The third-order valence-corrected chi connectivity index (χ3v) is 15.8. The lowest BCUT2D eigenvalue weighted by Gasteiger charge is -2.30. The monoisotopic (exact) mass is 950 g/mol. The van der Waals surface area contributed by atoms with Crippen LogP contribution in [0.25, 0.3) is 101 Å². The standard InChI is InChI=1S/C69H50N4O/c1-68(2)57-25-14-12-22-53(57)64-58(68)26-16-27-60(64)73(50-38-39-52-51-21-11-13-24-56(51)69(3,4)59(52)42-50)49-36-33-44(34-37-49)43-29-31-45(32-30-43)48-35-40-61-55(41-48)63-54(23-15-28-62(63)74-61)67-71-65(46-17-7-5-8-18-46)70-66(72-67)47-19-9-6-10-20-47/h5-42H,1-4H3. The van der Waals surface area contributed by atoms with Crippen molar-refractivity contribution < 1.29 is 4.42 Å². The molecule has 0 aliphatic heterocycles. The average Bonchev–Trinajstić information content (AvgIpc) is 4.03. The molecule has 0 bridgehead atoms. The Balaban J connectivity index is 0.827. The largest absolute Gasteiger partial charge is 0.456 e.